The first-order valence-corrected chi connectivity index (χ1v) is 8.68. The molecule has 1 aliphatic heterocycles. The molecule has 1 fully saturated rings. The Morgan fingerprint density at radius 1 is 0.885 bits per heavy atom. The van der Waals surface area contributed by atoms with Crippen LogP contribution in [0.15, 0.2) is 65.5 Å². The van der Waals surface area contributed by atoms with Gasteiger partial charge in [-0.05, 0) is 24.3 Å². The second-order valence-electron chi connectivity index (χ2n) is 6.18. The Labute approximate surface area is 150 Å². The van der Waals surface area contributed by atoms with Crippen LogP contribution in [0.3, 0.4) is 0 Å². The van der Waals surface area contributed by atoms with Crippen LogP contribution in [-0.2, 0) is 4.74 Å². The van der Waals surface area contributed by atoms with Crippen LogP contribution < -0.4 is 10.3 Å². The molecule has 1 aliphatic rings. The minimum atomic E-state index is -0.385. The van der Waals surface area contributed by atoms with Gasteiger partial charge in [0.2, 0.25) is 5.75 Å². The molecular formula is C20H20N2O4. The Bertz CT molecular complexity index is 926. The molecule has 0 amide bonds. The summed E-state index contributed by atoms with van der Waals surface area (Å²) < 4.78 is 14.1. The van der Waals surface area contributed by atoms with Crippen molar-refractivity contribution >= 4 is 0 Å². The topological polar surface area (TPSA) is 65.6 Å². The summed E-state index contributed by atoms with van der Waals surface area (Å²) in [5.41, 5.74) is 0.940. The number of benzene rings is 2. The monoisotopic (exact) mass is 352 g/mol. The lowest BCUT2D eigenvalue weighted by Gasteiger charge is -2.22. The molecule has 134 valence electrons. The van der Waals surface area contributed by atoms with E-state index in [9.17, 15) is 9.90 Å². The lowest BCUT2D eigenvalue weighted by molar-refractivity contribution is 0.0240. The molecule has 6 nitrogen and oxygen atoms in total. The van der Waals surface area contributed by atoms with Gasteiger partial charge in [0.05, 0.1) is 24.6 Å². The fourth-order valence-electron chi connectivity index (χ4n) is 3.15. The minimum Gasteiger partial charge on any atom is -0.490 e. The standard InChI is InChI=1S/C20H20N2O4/c23-19-18(26-17-11-13-25-14-12-17)20(24)22(16-9-5-2-6-10-16)21(19)15-7-3-1-4-8-15/h1-10,17,23H,11-14H2. The van der Waals surface area contributed by atoms with Crippen LogP contribution in [0.4, 0.5) is 0 Å². The van der Waals surface area contributed by atoms with Gasteiger partial charge in [0, 0.05) is 12.8 Å². The Kier molecular flexibility index (Phi) is 4.50. The second kappa shape index (κ2) is 7.09. The largest absolute Gasteiger partial charge is 0.490 e. The highest BCUT2D eigenvalue weighted by atomic mass is 16.5. The molecule has 1 N–H and O–H groups in total. The summed E-state index contributed by atoms with van der Waals surface area (Å²) in [5.74, 6) is -0.221. The van der Waals surface area contributed by atoms with Crippen LogP contribution in [0.2, 0.25) is 0 Å². The Morgan fingerprint density at radius 2 is 1.42 bits per heavy atom. The first kappa shape index (κ1) is 16.5. The quantitative estimate of drug-likeness (QED) is 0.784. The third-order valence-electron chi connectivity index (χ3n) is 4.44. The second-order valence-corrected chi connectivity index (χ2v) is 6.18. The van der Waals surface area contributed by atoms with E-state index in [4.69, 9.17) is 9.47 Å². The van der Waals surface area contributed by atoms with Crippen molar-refractivity contribution in [2.75, 3.05) is 13.2 Å². The molecule has 3 aromatic rings. The molecule has 4 rings (SSSR count). The molecule has 1 saturated heterocycles. The van der Waals surface area contributed by atoms with Gasteiger partial charge in [-0.2, -0.15) is 0 Å². The van der Waals surface area contributed by atoms with Crippen LogP contribution in [0.1, 0.15) is 12.8 Å². The van der Waals surface area contributed by atoms with Gasteiger partial charge in [-0.3, -0.25) is 4.79 Å². The van der Waals surface area contributed by atoms with E-state index in [0.29, 0.717) is 37.4 Å². The Morgan fingerprint density at radius 3 is 2.00 bits per heavy atom. The molecule has 0 unspecified atom stereocenters. The molecule has 0 atom stereocenters. The highest BCUT2D eigenvalue weighted by molar-refractivity contribution is 5.46. The van der Waals surface area contributed by atoms with E-state index in [-0.39, 0.29) is 23.3 Å². The van der Waals surface area contributed by atoms with Crippen molar-refractivity contribution < 1.29 is 14.6 Å². The zero-order valence-electron chi connectivity index (χ0n) is 14.2. The van der Waals surface area contributed by atoms with Gasteiger partial charge in [0.15, 0.2) is 0 Å². The molecule has 0 spiro atoms. The van der Waals surface area contributed by atoms with Crippen LogP contribution >= 0.6 is 0 Å². The third-order valence-corrected chi connectivity index (χ3v) is 4.44. The van der Waals surface area contributed by atoms with E-state index < -0.39 is 0 Å². The molecule has 6 heteroatoms. The maximum absolute atomic E-state index is 13.1. The molecule has 0 saturated carbocycles. The summed E-state index contributed by atoms with van der Waals surface area (Å²) in [6, 6.07) is 18.5. The van der Waals surface area contributed by atoms with E-state index in [1.807, 2.05) is 60.7 Å². The van der Waals surface area contributed by atoms with Crippen molar-refractivity contribution in [1.29, 1.82) is 0 Å². The normalized spacial score (nSPS) is 15.1. The maximum Gasteiger partial charge on any atom is 0.318 e. The zero-order chi connectivity index (χ0) is 17.9. The summed E-state index contributed by atoms with van der Waals surface area (Å²) in [6.07, 6.45) is 1.25. The molecule has 2 aromatic carbocycles. The summed E-state index contributed by atoms with van der Waals surface area (Å²) in [5, 5.41) is 10.8. The maximum atomic E-state index is 13.1. The van der Waals surface area contributed by atoms with Gasteiger partial charge >= 0.3 is 5.56 Å². The van der Waals surface area contributed by atoms with E-state index in [0.717, 1.165) is 0 Å². The number of para-hydroxylation sites is 2. The van der Waals surface area contributed by atoms with E-state index in [1.165, 1.54) is 9.36 Å². The van der Waals surface area contributed by atoms with Gasteiger partial charge in [0.25, 0.3) is 5.88 Å². The summed E-state index contributed by atoms with van der Waals surface area (Å²) in [6.45, 7) is 1.19. The van der Waals surface area contributed by atoms with Crippen molar-refractivity contribution in [3.8, 4) is 23.0 Å². The fourth-order valence-corrected chi connectivity index (χ4v) is 3.15. The third kappa shape index (κ3) is 2.99. The van der Waals surface area contributed by atoms with Gasteiger partial charge in [-0.15, -0.1) is 0 Å². The Balaban J connectivity index is 1.86. The van der Waals surface area contributed by atoms with Gasteiger partial charge in [0.1, 0.15) is 6.10 Å². The molecule has 0 radical (unpaired) electrons. The smallest absolute Gasteiger partial charge is 0.318 e. The fraction of sp³-hybridized carbons (Fsp3) is 0.250. The molecule has 0 aliphatic carbocycles. The molecular weight excluding hydrogens is 332 g/mol. The van der Waals surface area contributed by atoms with Crippen LogP contribution in [0.5, 0.6) is 11.6 Å². The Hall–Kier alpha value is -2.99. The number of hydrogen-bond acceptors (Lipinski definition) is 4. The predicted octanol–water partition coefficient (Wildman–Crippen LogP) is 2.89. The summed E-state index contributed by atoms with van der Waals surface area (Å²) in [7, 11) is 0. The van der Waals surface area contributed by atoms with Crippen LogP contribution in [-0.4, -0.2) is 33.8 Å². The minimum absolute atomic E-state index is 0.0235. The van der Waals surface area contributed by atoms with Crippen molar-refractivity contribution in [1.82, 2.24) is 9.36 Å². The van der Waals surface area contributed by atoms with Crippen LogP contribution in [0.25, 0.3) is 11.4 Å². The van der Waals surface area contributed by atoms with Crippen molar-refractivity contribution in [2.24, 2.45) is 0 Å². The van der Waals surface area contributed by atoms with Gasteiger partial charge in [-0.25, -0.2) is 9.36 Å². The summed E-state index contributed by atoms with van der Waals surface area (Å²) >= 11 is 0. The lowest BCUT2D eigenvalue weighted by Crippen LogP contribution is -2.28. The highest BCUT2D eigenvalue weighted by Crippen LogP contribution is 2.30. The average molecular weight is 352 g/mol. The first-order valence-electron chi connectivity index (χ1n) is 8.68. The molecule has 2 heterocycles. The molecule has 1 aromatic heterocycles. The number of rotatable bonds is 4. The van der Waals surface area contributed by atoms with Crippen LogP contribution in [0, 0.1) is 0 Å². The average Bonchev–Trinajstić information content (AvgIpc) is 2.95. The molecule has 26 heavy (non-hydrogen) atoms. The van der Waals surface area contributed by atoms with Crippen molar-refractivity contribution in [3.63, 3.8) is 0 Å². The SMILES string of the molecule is O=c1c(OC2CCOCC2)c(O)n(-c2ccccc2)n1-c1ccccc1. The lowest BCUT2D eigenvalue weighted by atomic mass is 10.1. The summed E-state index contributed by atoms with van der Waals surface area (Å²) in [4.78, 5) is 13.1. The number of aromatic nitrogens is 2. The highest BCUT2D eigenvalue weighted by Gasteiger charge is 2.26. The van der Waals surface area contributed by atoms with Gasteiger partial charge < -0.3 is 14.6 Å². The number of nitrogens with zero attached hydrogens (tertiary/aromatic N) is 2. The zero-order valence-corrected chi connectivity index (χ0v) is 14.2. The van der Waals surface area contributed by atoms with E-state index in [2.05, 4.69) is 0 Å². The van der Waals surface area contributed by atoms with Crippen molar-refractivity contribution in [2.45, 2.75) is 18.9 Å². The predicted molar refractivity (Wildman–Crippen MR) is 97.5 cm³/mol. The number of hydrogen-bond donors (Lipinski definition) is 1. The number of aromatic hydroxyl groups is 1. The van der Waals surface area contributed by atoms with E-state index >= 15 is 0 Å². The number of ether oxygens (including phenoxy) is 2. The molecule has 0 bridgehead atoms. The first-order chi connectivity index (χ1) is 12.8. The van der Waals surface area contributed by atoms with Crippen molar-refractivity contribution in [3.05, 3.63) is 71.0 Å². The van der Waals surface area contributed by atoms with E-state index in [1.54, 1.807) is 0 Å². The van der Waals surface area contributed by atoms with Gasteiger partial charge in [-0.1, -0.05) is 36.4 Å².